The Morgan fingerprint density at radius 1 is 0.719 bits per heavy atom. The molecule has 2 fully saturated rings. The molecule has 0 aliphatic carbocycles. The van der Waals surface area contributed by atoms with Crippen LogP contribution in [-0.4, -0.2) is 17.0 Å². The molecule has 0 bridgehead atoms. The van der Waals surface area contributed by atoms with Crippen LogP contribution in [0.1, 0.15) is 28.9 Å². The van der Waals surface area contributed by atoms with E-state index < -0.39 is 17.7 Å². The largest absolute Gasteiger partial charge is 0.331 e. The number of nitrogens with one attached hydrogen (secondary N) is 4. The molecule has 2 aromatic carbocycles. The van der Waals surface area contributed by atoms with Gasteiger partial charge in [-0.3, -0.25) is 4.98 Å². The Bertz CT molecular complexity index is 1090. The molecule has 1 aromatic heterocycles. The van der Waals surface area contributed by atoms with Crippen LogP contribution in [0.3, 0.4) is 0 Å². The first-order chi connectivity index (χ1) is 15.5. The van der Waals surface area contributed by atoms with Crippen LogP contribution in [0.25, 0.3) is 0 Å². The van der Waals surface area contributed by atoms with E-state index in [9.17, 15) is 9.59 Å². The number of carbonyl (C=O) groups excluding carboxylic acids is 2. The number of halogens is 2. The van der Waals surface area contributed by atoms with Crippen molar-refractivity contribution in [2.45, 2.75) is 17.7 Å². The van der Waals surface area contributed by atoms with E-state index in [0.29, 0.717) is 5.69 Å². The summed E-state index contributed by atoms with van der Waals surface area (Å²) in [6, 6.07) is 19.6. The molecule has 2 atom stereocenters. The quantitative estimate of drug-likeness (QED) is 0.383. The van der Waals surface area contributed by atoms with Crippen LogP contribution in [0, 0.1) is 5.92 Å². The molecule has 7 nitrogen and oxygen atoms in total. The predicted molar refractivity (Wildman–Crippen MR) is 127 cm³/mol. The Balaban J connectivity index is 1.72. The average Bonchev–Trinajstić information content (AvgIpc) is 2.79. The first-order valence-corrected chi connectivity index (χ1v) is 11.6. The Morgan fingerprint density at radius 2 is 1.22 bits per heavy atom. The molecule has 5 rings (SSSR count). The summed E-state index contributed by atoms with van der Waals surface area (Å²) in [6.07, 6.45) is 1.66. The van der Waals surface area contributed by atoms with Crippen LogP contribution in [0.15, 0.2) is 81.9 Å². The highest BCUT2D eigenvalue weighted by molar-refractivity contribution is 9.10. The van der Waals surface area contributed by atoms with E-state index in [0.717, 1.165) is 20.1 Å². The van der Waals surface area contributed by atoms with Crippen molar-refractivity contribution in [2.24, 2.45) is 5.92 Å². The summed E-state index contributed by atoms with van der Waals surface area (Å²) in [4.78, 5) is 30.3. The van der Waals surface area contributed by atoms with E-state index in [-0.39, 0.29) is 18.0 Å². The summed E-state index contributed by atoms with van der Waals surface area (Å²) in [7, 11) is 0. The number of carbonyl (C=O) groups is 2. The fourth-order valence-electron chi connectivity index (χ4n) is 4.60. The van der Waals surface area contributed by atoms with Gasteiger partial charge in [0.25, 0.3) is 0 Å². The van der Waals surface area contributed by atoms with Gasteiger partial charge < -0.3 is 21.3 Å². The molecule has 2 unspecified atom stereocenters. The lowest BCUT2D eigenvalue weighted by molar-refractivity contribution is 0.0528. The van der Waals surface area contributed by atoms with Crippen molar-refractivity contribution in [1.82, 2.24) is 26.3 Å². The maximum Gasteiger partial charge on any atom is 0.317 e. The zero-order valence-corrected chi connectivity index (χ0v) is 19.9. The summed E-state index contributed by atoms with van der Waals surface area (Å²) in [5.41, 5.74) is 1.21. The average molecular weight is 557 g/mol. The van der Waals surface area contributed by atoms with Crippen LogP contribution < -0.4 is 21.3 Å². The number of benzene rings is 2. The second-order valence-electron chi connectivity index (χ2n) is 7.80. The number of hydrogen-bond donors (Lipinski definition) is 4. The van der Waals surface area contributed by atoms with E-state index in [1.165, 1.54) is 0 Å². The number of hydrogen-bond acceptors (Lipinski definition) is 3. The molecule has 2 aliphatic heterocycles. The van der Waals surface area contributed by atoms with Gasteiger partial charge in [-0.15, -0.1) is 0 Å². The third-order valence-corrected chi connectivity index (χ3v) is 7.00. The standard InChI is InChI=1S/C23H19Br2N5O2/c24-15-8-4-13(5-9-15)19-18-20(14-6-10-16(25)11-7-14)28-22(32)30-23(18,29-21(31)27-19)17-3-1-2-12-26-17/h1-12,18-20H,(H2,27,29,31)(H2,28,30,32). The van der Waals surface area contributed by atoms with Crippen LogP contribution in [0.2, 0.25) is 0 Å². The summed E-state index contributed by atoms with van der Waals surface area (Å²) >= 11 is 6.95. The lowest BCUT2D eigenvalue weighted by Crippen LogP contribution is -2.76. The lowest BCUT2D eigenvalue weighted by Gasteiger charge is -2.54. The normalized spacial score (nSPS) is 26.8. The first kappa shape index (κ1) is 21.0. The van der Waals surface area contributed by atoms with Gasteiger partial charge in [-0.1, -0.05) is 62.2 Å². The van der Waals surface area contributed by atoms with E-state index in [1.807, 2.05) is 60.7 Å². The maximum absolute atomic E-state index is 12.9. The molecule has 3 aromatic rings. The first-order valence-electron chi connectivity index (χ1n) is 10.1. The van der Waals surface area contributed by atoms with Crippen molar-refractivity contribution in [3.8, 4) is 0 Å². The van der Waals surface area contributed by atoms with Gasteiger partial charge in [-0.2, -0.15) is 0 Å². The number of nitrogens with zero attached hydrogens (tertiary/aromatic N) is 1. The summed E-state index contributed by atoms with van der Waals surface area (Å²) in [6.45, 7) is 0. The van der Waals surface area contributed by atoms with Crippen LogP contribution >= 0.6 is 31.9 Å². The summed E-state index contributed by atoms with van der Waals surface area (Å²) < 4.78 is 1.88. The lowest BCUT2D eigenvalue weighted by atomic mass is 9.71. The minimum Gasteiger partial charge on any atom is -0.331 e. The van der Waals surface area contributed by atoms with Crippen molar-refractivity contribution < 1.29 is 9.59 Å². The van der Waals surface area contributed by atoms with Gasteiger partial charge in [-0.25, -0.2) is 9.59 Å². The molecule has 0 radical (unpaired) electrons. The Kier molecular flexibility index (Phi) is 5.38. The minimum atomic E-state index is -1.21. The van der Waals surface area contributed by atoms with E-state index in [1.54, 1.807) is 12.3 Å². The maximum atomic E-state index is 12.9. The highest BCUT2D eigenvalue weighted by Gasteiger charge is 2.58. The number of urea groups is 2. The summed E-state index contributed by atoms with van der Waals surface area (Å²) in [5.74, 6) is -0.338. The second kappa shape index (κ2) is 8.22. The topological polar surface area (TPSA) is 95.2 Å². The molecule has 2 saturated heterocycles. The van der Waals surface area contributed by atoms with Crippen LogP contribution in [0.5, 0.6) is 0 Å². The molecule has 4 N–H and O–H groups in total. The molecule has 0 saturated carbocycles. The zero-order valence-electron chi connectivity index (χ0n) is 16.7. The number of fused-ring (bicyclic) bond motifs is 1. The Hall–Kier alpha value is -2.91. The van der Waals surface area contributed by atoms with Crippen molar-refractivity contribution >= 4 is 43.9 Å². The predicted octanol–water partition coefficient (Wildman–Crippen LogP) is 4.48. The molecule has 162 valence electrons. The van der Waals surface area contributed by atoms with E-state index in [4.69, 9.17) is 0 Å². The van der Waals surface area contributed by atoms with Crippen LogP contribution in [0.4, 0.5) is 9.59 Å². The number of rotatable bonds is 3. The van der Waals surface area contributed by atoms with Gasteiger partial charge in [0.05, 0.1) is 23.7 Å². The molecular weight excluding hydrogens is 538 g/mol. The SMILES string of the molecule is O=C1NC(c2ccc(Br)cc2)C2C(c3ccc(Br)cc3)NC(=O)NC2(c2ccccn2)N1. The molecule has 3 heterocycles. The third kappa shape index (κ3) is 3.65. The minimum absolute atomic E-state index is 0.338. The molecular formula is C23H19Br2N5O2. The third-order valence-electron chi connectivity index (χ3n) is 5.94. The highest BCUT2D eigenvalue weighted by Crippen LogP contribution is 2.47. The molecule has 0 spiro atoms. The van der Waals surface area contributed by atoms with Crippen molar-refractivity contribution in [2.75, 3.05) is 0 Å². The van der Waals surface area contributed by atoms with Crippen molar-refractivity contribution in [1.29, 1.82) is 0 Å². The number of amides is 4. The van der Waals surface area contributed by atoms with Crippen LogP contribution in [-0.2, 0) is 5.66 Å². The highest BCUT2D eigenvalue weighted by atomic mass is 79.9. The number of aromatic nitrogens is 1. The summed E-state index contributed by atoms with van der Waals surface area (Å²) in [5, 5.41) is 12.2. The van der Waals surface area contributed by atoms with Crippen molar-refractivity contribution in [3.05, 3.63) is 98.7 Å². The van der Waals surface area contributed by atoms with Gasteiger partial charge in [0.1, 0.15) is 0 Å². The molecule has 2 aliphatic rings. The van der Waals surface area contributed by atoms with E-state index >= 15 is 0 Å². The number of pyridine rings is 1. The Morgan fingerprint density at radius 3 is 1.66 bits per heavy atom. The van der Waals surface area contributed by atoms with Crippen molar-refractivity contribution in [3.63, 3.8) is 0 Å². The van der Waals surface area contributed by atoms with Gasteiger partial charge in [0.15, 0.2) is 5.66 Å². The van der Waals surface area contributed by atoms with Gasteiger partial charge in [-0.05, 0) is 47.5 Å². The molecule has 32 heavy (non-hydrogen) atoms. The monoisotopic (exact) mass is 555 g/mol. The second-order valence-corrected chi connectivity index (χ2v) is 9.64. The fraction of sp³-hybridized carbons (Fsp3) is 0.174. The van der Waals surface area contributed by atoms with E-state index in [2.05, 4.69) is 58.1 Å². The Labute approximate surface area is 201 Å². The fourth-order valence-corrected chi connectivity index (χ4v) is 5.13. The molecule has 9 heteroatoms. The van der Waals surface area contributed by atoms with Gasteiger partial charge >= 0.3 is 12.1 Å². The molecule has 4 amide bonds. The van der Waals surface area contributed by atoms with Gasteiger partial charge in [0, 0.05) is 15.1 Å². The van der Waals surface area contributed by atoms with Gasteiger partial charge in [0.2, 0.25) is 0 Å². The zero-order chi connectivity index (χ0) is 22.3. The smallest absolute Gasteiger partial charge is 0.317 e.